The maximum absolute atomic E-state index is 11.9. The van der Waals surface area contributed by atoms with Crippen molar-refractivity contribution >= 4 is 23.8 Å². The molecule has 2 heterocycles. The molecule has 0 unspecified atom stereocenters. The number of imidazole rings is 1. The van der Waals surface area contributed by atoms with E-state index in [1.807, 2.05) is 29.7 Å². The van der Waals surface area contributed by atoms with E-state index in [1.165, 1.54) is 19.1 Å². The van der Waals surface area contributed by atoms with Crippen LogP contribution in [0.25, 0.3) is 16.9 Å². The molecule has 0 saturated carbocycles. The van der Waals surface area contributed by atoms with Gasteiger partial charge in [0.15, 0.2) is 28.8 Å². The Morgan fingerprint density at radius 2 is 1.80 bits per heavy atom. The lowest BCUT2D eigenvalue weighted by atomic mass is 10.1. The number of phenolic OH excluding ortho intramolecular Hbond substituents is 1. The molecule has 0 spiro atoms. The van der Waals surface area contributed by atoms with Gasteiger partial charge >= 0.3 is 6.09 Å². The van der Waals surface area contributed by atoms with Crippen LogP contribution in [0.1, 0.15) is 11.1 Å². The summed E-state index contributed by atoms with van der Waals surface area (Å²) in [6.45, 7) is 2.00. The van der Waals surface area contributed by atoms with Gasteiger partial charge in [-0.05, 0) is 66.6 Å². The average molecular weight is 475 g/mol. The maximum atomic E-state index is 11.9. The fourth-order valence-electron chi connectivity index (χ4n) is 3.45. The third kappa shape index (κ3) is 4.89. The number of aryl methyl sites for hydroxylation is 1. The summed E-state index contributed by atoms with van der Waals surface area (Å²) in [5, 5.41) is 10.0. The third-order valence-corrected chi connectivity index (χ3v) is 5.30. The molecule has 1 amide bonds. The molecule has 4 rings (SSSR count). The van der Waals surface area contributed by atoms with Crippen molar-refractivity contribution in [1.82, 2.24) is 14.3 Å². The lowest BCUT2D eigenvalue weighted by molar-refractivity contribution is 0.170. The highest BCUT2D eigenvalue weighted by Gasteiger charge is 2.16. The Bertz CT molecular complexity index is 1430. The van der Waals surface area contributed by atoms with Gasteiger partial charge < -0.3 is 24.2 Å². The SMILES string of the molecule is COc1cc(-c2nc3cc(C)ccn3c2/N=C/c2ccc(OC(=O)N(C)C)c(OC)c2)ccc1O. The first kappa shape index (κ1) is 23.6. The quantitative estimate of drug-likeness (QED) is 0.402. The molecule has 0 aliphatic heterocycles. The first-order valence-electron chi connectivity index (χ1n) is 10.8. The molecule has 0 radical (unpaired) electrons. The smallest absolute Gasteiger partial charge is 0.414 e. The van der Waals surface area contributed by atoms with E-state index in [4.69, 9.17) is 24.2 Å². The Hall–Kier alpha value is -4.53. The van der Waals surface area contributed by atoms with Crippen LogP contribution in [-0.2, 0) is 0 Å². The summed E-state index contributed by atoms with van der Waals surface area (Å²) >= 11 is 0. The van der Waals surface area contributed by atoms with Crippen molar-refractivity contribution < 1.29 is 24.1 Å². The molecule has 1 N–H and O–H groups in total. The van der Waals surface area contributed by atoms with Gasteiger partial charge in [0.25, 0.3) is 0 Å². The predicted octanol–water partition coefficient (Wildman–Crippen LogP) is 4.84. The van der Waals surface area contributed by atoms with Crippen LogP contribution in [0.2, 0.25) is 0 Å². The van der Waals surface area contributed by atoms with Crippen molar-refractivity contribution in [2.24, 2.45) is 4.99 Å². The number of phenols is 1. The van der Waals surface area contributed by atoms with Crippen molar-refractivity contribution in [3.05, 3.63) is 65.9 Å². The number of pyridine rings is 1. The zero-order valence-electron chi connectivity index (χ0n) is 20.1. The molecule has 0 atom stereocenters. The lowest BCUT2D eigenvalue weighted by Gasteiger charge is -2.13. The van der Waals surface area contributed by atoms with E-state index in [1.54, 1.807) is 56.7 Å². The van der Waals surface area contributed by atoms with Crippen LogP contribution in [0.5, 0.6) is 23.0 Å². The minimum Gasteiger partial charge on any atom is -0.504 e. The number of aliphatic imine (C=N–C) groups is 1. The summed E-state index contributed by atoms with van der Waals surface area (Å²) in [5.74, 6) is 1.71. The molecular formula is C26H26N4O5. The zero-order valence-corrected chi connectivity index (χ0v) is 20.1. The fourth-order valence-corrected chi connectivity index (χ4v) is 3.45. The van der Waals surface area contributed by atoms with Crippen molar-refractivity contribution in [2.45, 2.75) is 6.92 Å². The van der Waals surface area contributed by atoms with Crippen LogP contribution >= 0.6 is 0 Å². The highest BCUT2D eigenvalue weighted by atomic mass is 16.6. The van der Waals surface area contributed by atoms with E-state index in [0.717, 1.165) is 22.3 Å². The fraction of sp³-hybridized carbons (Fsp3) is 0.192. The van der Waals surface area contributed by atoms with E-state index < -0.39 is 6.09 Å². The molecule has 0 fully saturated rings. The number of rotatable bonds is 6. The van der Waals surface area contributed by atoms with E-state index in [9.17, 15) is 9.90 Å². The summed E-state index contributed by atoms with van der Waals surface area (Å²) in [6, 6.07) is 14.2. The number of amides is 1. The number of fused-ring (bicyclic) bond motifs is 1. The van der Waals surface area contributed by atoms with Gasteiger partial charge in [0.05, 0.1) is 14.2 Å². The summed E-state index contributed by atoms with van der Waals surface area (Å²) in [4.78, 5) is 22.8. The van der Waals surface area contributed by atoms with Crippen molar-refractivity contribution in [2.75, 3.05) is 28.3 Å². The number of carbonyl (C=O) groups excluding carboxylic acids is 1. The van der Waals surface area contributed by atoms with Crippen molar-refractivity contribution in [3.63, 3.8) is 0 Å². The number of hydrogen-bond acceptors (Lipinski definition) is 7. The standard InChI is InChI=1S/C26H26N4O5/c1-16-10-11-30-23(12-16)28-24(18-7-8-19(31)21(14-18)33-4)25(30)27-15-17-6-9-20(22(13-17)34-5)35-26(32)29(2)3/h6-15,31H,1-5H3/b27-15+. The molecule has 2 aromatic heterocycles. The van der Waals surface area contributed by atoms with Gasteiger partial charge in [0.1, 0.15) is 11.3 Å². The summed E-state index contributed by atoms with van der Waals surface area (Å²) in [6.07, 6.45) is 3.10. The van der Waals surface area contributed by atoms with Gasteiger partial charge in [-0.3, -0.25) is 4.40 Å². The van der Waals surface area contributed by atoms with Gasteiger partial charge in [-0.15, -0.1) is 0 Å². The van der Waals surface area contributed by atoms with Gasteiger partial charge in [0, 0.05) is 32.1 Å². The topological polar surface area (TPSA) is 97.9 Å². The second-order valence-electron chi connectivity index (χ2n) is 8.03. The van der Waals surface area contributed by atoms with Crippen LogP contribution in [0.4, 0.5) is 10.6 Å². The number of methoxy groups -OCH3 is 2. The highest BCUT2D eigenvalue weighted by Crippen LogP contribution is 2.36. The van der Waals surface area contributed by atoms with Crippen molar-refractivity contribution in [1.29, 1.82) is 0 Å². The summed E-state index contributed by atoms with van der Waals surface area (Å²) in [5.41, 5.74) is 3.93. The van der Waals surface area contributed by atoms with E-state index in [2.05, 4.69) is 0 Å². The van der Waals surface area contributed by atoms with Crippen LogP contribution in [0, 0.1) is 6.92 Å². The normalized spacial score (nSPS) is 11.1. The third-order valence-electron chi connectivity index (χ3n) is 5.30. The van der Waals surface area contributed by atoms with E-state index in [0.29, 0.717) is 28.8 Å². The lowest BCUT2D eigenvalue weighted by Crippen LogP contribution is -2.25. The Morgan fingerprint density at radius 3 is 2.51 bits per heavy atom. The number of benzene rings is 2. The van der Waals surface area contributed by atoms with Crippen LogP contribution < -0.4 is 14.2 Å². The molecule has 0 saturated heterocycles. The zero-order chi connectivity index (χ0) is 25.1. The number of nitrogens with zero attached hydrogens (tertiary/aromatic N) is 4. The van der Waals surface area contributed by atoms with Gasteiger partial charge in [0.2, 0.25) is 0 Å². The number of carbonyl (C=O) groups is 1. The summed E-state index contributed by atoms with van der Waals surface area (Å²) < 4.78 is 17.9. The first-order chi connectivity index (χ1) is 16.8. The largest absolute Gasteiger partial charge is 0.504 e. The Balaban J connectivity index is 1.76. The van der Waals surface area contributed by atoms with E-state index in [-0.39, 0.29) is 5.75 Å². The van der Waals surface area contributed by atoms with Gasteiger partial charge in [-0.25, -0.2) is 14.8 Å². The number of ether oxygens (including phenoxy) is 3. The summed E-state index contributed by atoms with van der Waals surface area (Å²) in [7, 11) is 6.22. The predicted molar refractivity (Wildman–Crippen MR) is 134 cm³/mol. The van der Waals surface area contributed by atoms with E-state index >= 15 is 0 Å². The molecular weight excluding hydrogens is 448 g/mol. The molecule has 0 aliphatic rings. The number of aromatic hydroxyl groups is 1. The maximum Gasteiger partial charge on any atom is 0.414 e. The Kier molecular flexibility index (Phi) is 6.59. The Labute approximate surface area is 202 Å². The van der Waals surface area contributed by atoms with Gasteiger partial charge in [-0.2, -0.15) is 0 Å². The minimum atomic E-state index is -0.500. The van der Waals surface area contributed by atoms with Crippen LogP contribution in [0.3, 0.4) is 0 Å². The first-order valence-corrected chi connectivity index (χ1v) is 10.8. The molecule has 9 nitrogen and oxygen atoms in total. The molecule has 0 bridgehead atoms. The number of hydrogen-bond donors (Lipinski definition) is 1. The van der Waals surface area contributed by atoms with Crippen LogP contribution in [0.15, 0.2) is 59.7 Å². The minimum absolute atomic E-state index is 0.0445. The average Bonchev–Trinajstić information content (AvgIpc) is 3.20. The Morgan fingerprint density at radius 1 is 1.03 bits per heavy atom. The molecule has 4 aromatic rings. The molecule has 0 aliphatic carbocycles. The molecule has 9 heteroatoms. The monoisotopic (exact) mass is 474 g/mol. The second-order valence-corrected chi connectivity index (χ2v) is 8.03. The van der Waals surface area contributed by atoms with Crippen LogP contribution in [-0.4, -0.2) is 60.0 Å². The molecule has 35 heavy (non-hydrogen) atoms. The highest BCUT2D eigenvalue weighted by molar-refractivity contribution is 5.86. The molecule has 2 aromatic carbocycles. The molecule has 180 valence electrons. The number of aromatic nitrogens is 2. The van der Waals surface area contributed by atoms with Crippen molar-refractivity contribution in [3.8, 4) is 34.3 Å². The second kappa shape index (κ2) is 9.76. The van der Waals surface area contributed by atoms with Gasteiger partial charge in [-0.1, -0.05) is 0 Å².